The van der Waals surface area contributed by atoms with E-state index in [9.17, 15) is 0 Å². The molecule has 0 radical (unpaired) electrons. The van der Waals surface area contributed by atoms with Crippen LogP contribution in [0.3, 0.4) is 0 Å². The van der Waals surface area contributed by atoms with E-state index in [0.717, 1.165) is 39.7 Å². The van der Waals surface area contributed by atoms with Crippen LogP contribution in [0.15, 0.2) is 30.7 Å². The summed E-state index contributed by atoms with van der Waals surface area (Å²) in [5.41, 5.74) is 1.66. The number of ether oxygens (including phenoxy) is 1. The van der Waals surface area contributed by atoms with E-state index in [4.69, 9.17) is 9.72 Å². The number of methoxy groups -OCH3 is 1. The van der Waals surface area contributed by atoms with Gasteiger partial charge in [-0.15, -0.1) is 11.3 Å². The van der Waals surface area contributed by atoms with E-state index in [1.165, 1.54) is 4.88 Å². The second-order valence-corrected chi connectivity index (χ2v) is 7.63. The number of fused-ring (bicyclic) bond motifs is 2. The highest BCUT2D eigenvalue weighted by molar-refractivity contribution is 7.18. The molecule has 0 amide bonds. The number of hydrogen-bond donors (Lipinski definition) is 0. The fourth-order valence-electron chi connectivity index (χ4n) is 3.34. The van der Waals surface area contributed by atoms with Gasteiger partial charge in [0.15, 0.2) is 11.5 Å². The van der Waals surface area contributed by atoms with Gasteiger partial charge in [-0.05, 0) is 30.9 Å². The Balaban J connectivity index is 1.50. The number of nitrogens with zero attached hydrogens (tertiary/aromatic N) is 5. The number of aryl methyl sites for hydroxylation is 1. The van der Waals surface area contributed by atoms with E-state index >= 15 is 0 Å². The quantitative estimate of drug-likeness (QED) is 0.565. The molecule has 1 saturated carbocycles. The van der Waals surface area contributed by atoms with Gasteiger partial charge in [-0.25, -0.2) is 15.0 Å². The third-order valence-electron chi connectivity index (χ3n) is 4.85. The van der Waals surface area contributed by atoms with Crippen molar-refractivity contribution in [3.05, 3.63) is 35.6 Å². The fraction of sp³-hybridized carbons (Fsp3) is 0.333. The molecule has 0 atom stereocenters. The Bertz CT molecular complexity index is 1080. The molecule has 5 rings (SSSR count). The second kappa shape index (κ2) is 5.57. The Morgan fingerprint density at radius 3 is 2.88 bits per heavy atom. The first-order chi connectivity index (χ1) is 12.2. The molecule has 0 aromatic carbocycles. The Kier molecular flexibility index (Phi) is 3.33. The maximum Gasteiger partial charge on any atom is 0.181 e. The van der Waals surface area contributed by atoms with Crippen LogP contribution in [0, 0.1) is 0 Å². The van der Waals surface area contributed by atoms with Gasteiger partial charge in [0.05, 0.1) is 6.10 Å². The van der Waals surface area contributed by atoms with Crippen molar-refractivity contribution < 1.29 is 4.74 Å². The van der Waals surface area contributed by atoms with Crippen molar-refractivity contribution in [3.8, 4) is 11.4 Å². The van der Waals surface area contributed by atoms with Crippen molar-refractivity contribution in [3.63, 3.8) is 0 Å². The molecule has 126 valence electrons. The Morgan fingerprint density at radius 2 is 2.04 bits per heavy atom. The van der Waals surface area contributed by atoms with E-state index in [1.54, 1.807) is 29.3 Å². The summed E-state index contributed by atoms with van der Waals surface area (Å²) in [7, 11) is 3.68. The molecule has 0 bridgehead atoms. The van der Waals surface area contributed by atoms with Gasteiger partial charge in [-0.1, -0.05) is 0 Å². The number of thiophene rings is 1. The van der Waals surface area contributed by atoms with Gasteiger partial charge in [-0.3, -0.25) is 4.68 Å². The molecule has 0 spiro atoms. The van der Waals surface area contributed by atoms with Crippen LogP contribution in [0.2, 0.25) is 0 Å². The van der Waals surface area contributed by atoms with E-state index in [1.807, 2.05) is 25.5 Å². The topological polar surface area (TPSA) is 65.7 Å². The normalized spacial score (nSPS) is 20.2. The standard InChI is InChI=1S/C18H17N5OS/c1-23-9-13-3-11(7-20-17(13)22-23)16-19-8-12-6-15(25-18(12)21-16)10-4-14(5-10)24-2/h3,6-10,14H,4-5H2,1-2H3. The van der Waals surface area contributed by atoms with Gasteiger partial charge in [0.2, 0.25) is 0 Å². The van der Waals surface area contributed by atoms with Gasteiger partial charge < -0.3 is 4.74 Å². The molecule has 0 N–H and O–H groups in total. The van der Waals surface area contributed by atoms with Crippen LogP contribution in [0.25, 0.3) is 32.6 Å². The third kappa shape index (κ3) is 2.51. The third-order valence-corrected chi connectivity index (χ3v) is 6.06. The summed E-state index contributed by atoms with van der Waals surface area (Å²) in [5.74, 6) is 1.31. The van der Waals surface area contributed by atoms with Crippen LogP contribution in [0.4, 0.5) is 0 Å². The monoisotopic (exact) mass is 351 g/mol. The summed E-state index contributed by atoms with van der Waals surface area (Å²) >= 11 is 1.77. The summed E-state index contributed by atoms with van der Waals surface area (Å²) in [6.07, 6.45) is 8.28. The van der Waals surface area contributed by atoms with Gasteiger partial charge in [-0.2, -0.15) is 5.10 Å². The summed E-state index contributed by atoms with van der Waals surface area (Å²) in [5, 5.41) is 6.41. The Hall–Kier alpha value is -2.38. The minimum atomic E-state index is 0.411. The van der Waals surface area contributed by atoms with Crippen molar-refractivity contribution in [1.29, 1.82) is 0 Å². The molecule has 7 heteroatoms. The second-order valence-electron chi connectivity index (χ2n) is 6.57. The molecule has 25 heavy (non-hydrogen) atoms. The summed E-state index contributed by atoms with van der Waals surface area (Å²) in [4.78, 5) is 16.1. The molecule has 0 aliphatic heterocycles. The molecule has 1 aliphatic rings. The van der Waals surface area contributed by atoms with Crippen LogP contribution in [-0.2, 0) is 11.8 Å². The van der Waals surface area contributed by atoms with Gasteiger partial charge >= 0.3 is 0 Å². The predicted molar refractivity (Wildman–Crippen MR) is 97.7 cm³/mol. The first-order valence-electron chi connectivity index (χ1n) is 8.28. The zero-order valence-corrected chi connectivity index (χ0v) is 14.8. The van der Waals surface area contributed by atoms with Crippen molar-refractivity contribution in [1.82, 2.24) is 24.7 Å². The summed E-state index contributed by atoms with van der Waals surface area (Å²) < 4.78 is 7.16. The minimum Gasteiger partial charge on any atom is -0.381 e. The molecule has 4 aromatic rings. The smallest absolute Gasteiger partial charge is 0.181 e. The SMILES string of the molecule is COC1CC(c2cc3cnc(-c4cnc5nn(C)cc5c4)nc3s2)C1. The zero-order chi connectivity index (χ0) is 17.0. The predicted octanol–water partition coefficient (Wildman–Crippen LogP) is 3.53. The molecule has 4 aromatic heterocycles. The van der Waals surface area contributed by atoms with E-state index in [0.29, 0.717) is 17.8 Å². The molecule has 4 heterocycles. The minimum absolute atomic E-state index is 0.411. The first-order valence-corrected chi connectivity index (χ1v) is 9.10. The largest absolute Gasteiger partial charge is 0.381 e. The van der Waals surface area contributed by atoms with Crippen LogP contribution < -0.4 is 0 Å². The van der Waals surface area contributed by atoms with E-state index < -0.39 is 0 Å². The van der Waals surface area contributed by atoms with Crippen LogP contribution in [0.1, 0.15) is 23.6 Å². The fourth-order valence-corrected chi connectivity index (χ4v) is 4.47. The van der Waals surface area contributed by atoms with Crippen molar-refractivity contribution in [2.24, 2.45) is 7.05 Å². The summed E-state index contributed by atoms with van der Waals surface area (Å²) in [6, 6.07) is 4.27. The average Bonchev–Trinajstić information content (AvgIpc) is 3.14. The van der Waals surface area contributed by atoms with E-state index in [-0.39, 0.29) is 0 Å². The maximum absolute atomic E-state index is 5.39. The molecule has 0 saturated heterocycles. The molecular weight excluding hydrogens is 334 g/mol. The number of rotatable bonds is 3. The molecular formula is C18H17N5OS. The highest BCUT2D eigenvalue weighted by atomic mass is 32.1. The Labute approximate surface area is 148 Å². The van der Waals surface area contributed by atoms with Gasteiger partial charge in [0, 0.05) is 54.0 Å². The number of pyridine rings is 1. The molecule has 0 unspecified atom stereocenters. The number of aromatic nitrogens is 5. The highest BCUT2D eigenvalue weighted by Crippen LogP contribution is 2.42. The van der Waals surface area contributed by atoms with Crippen LogP contribution >= 0.6 is 11.3 Å². The molecule has 1 fully saturated rings. The van der Waals surface area contributed by atoms with Crippen molar-refractivity contribution >= 4 is 32.6 Å². The average molecular weight is 351 g/mol. The maximum atomic E-state index is 5.39. The van der Waals surface area contributed by atoms with Crippen LogP contribution in [0.5, 0.6) is 0 Å². The first kappa shape index (κ1) is 14.9. The lowest BCUT2D eigenvalue weighted by Crippen LogP contribution is -2.27. The molecule has 1 aliphatic carbocycles. The highest BCUT2D eigenvalue weighted by Gasteiger charge is 2.31. The van der Waals surface area contributed by atoms with Gasteiger partial charge in [0.1, 0.15) is 4.83 Å². The van der Waals surface area contributed by atoms with Crippen LogP contribution in [-0.4, -0.2) is 37.9 Å². The summed E-state index contributed by atoms with van der Waals surface area (Å²) in [6.45, 7) is 0. The molecule has 6 nitrogen and oxygen atoms in total. The lowest BCUT2D eigenvalue weighted by molar-refractivity contribution is 0.0266. The van der Waals surface area contributed by atoms with Gasteiger partial charge in [0.25, 0.3) is 0 Å². The lowest BCUT2D eigenvalue weighted by Gasteiger charge is -2.33. The van der Waals surface area contributed by atoms with Crippen molar-refractivity contribution in [2.75, 3.05) is 7.11 Å². The van der Waals surface area contributed by atoms with E-state index in [2.05, 4.69) is 21.1 Å². The number of hydrogen-bond acceptors (Lipinski definition) is 6. The zero-order valence-electron chi connectivity index (χ0n) is 14.0. The Morgan fingerprint density at radius 1 is 1.16 bits per heavy atom. The van der Waals surface area contributed by atoms with Crippen molar-refractivity contribution in [2.45, 2.75) is 24.9 Å². The lowest BCUT2D eigenvalue weighted by atomic mass is 9.81.